The van der Waals surface area contributed by atoms with Crippen LogP contribution >= 0.6 is 0 Å². The maximum absolute atomic E-state index is 13.3. The van der Waals surface area contributed by atoms with Crippen molar-refractivity contribution in [1.82, 2.24) is 14.9 Å². The van der Waals surface area contributed by atoms with Gasteiger partial charge in [-0.3, -0.25) is 9.69 Å². The van der Waals surface area contributed by atoms with E-state index < -0.39 is 16.0 Å². The molecule has 38 heavy (non-hydrogen) atoms. The molecule has 8 heteroatoms. The Morgan fingerprint density at radius 2 is 1.74 bits per heavy atom. The average molecular weight is 528 g/mol. The van der Waals surface area contributed by atoms with Crippen molar-refractivity contribution in [2.45, 2.75) is 32.4 Å². The summed E-state index contributed by atoms with van der Waals surface area (Å²) in [5, 5.41) is 2.97. The number of benzene rings is 3. The first kappa shape index (κ1) is 24.6. The lowest BCUT2D eigenvalue weighted by Crippen LogP contribution is -2.28. The Balaban J connectivity index is 1.23. The van der Waals surface area contributed by atoms with Crippen LogP contribution in [0.25, 0.3) is 28.2 Å². The molecule has 0 aliphatic carbocycles. The molecule has 1 saturated heterocycles. The number of piperidine rings is 1. The molecule has 0 saturated carbocycles. The van der Waals surface area contributed by atoms with Crippen LogP contribution in [0.4, 0.5) is 0 Å². The second-order valence-corrected chi connectivity index (χ2v) is 11.3. The first-order chi connectivity index (χ1) is 18.4. The number of nitrogens with zero attached hydrogens (tertiary/aromatic N) is 2. The summed E-state index contributed by atoms with van der Waals surface area (Å²) < 4.78 is 30.4. The van der Waals surface area contributed by atoms with Gasteiger partial charge in [0.15, 0.2) is 0 Å². The molecule has 1 fully saturated rings. The minimum absolute atomic E-state index is 0.0562. The highest BCUT2D eigenvalue weighted by Crippen LogP contribution is 2.34. The van der Waals surface area contributed by atoms with Gasteiger partial charge in [-0.1, -0.05) is 61.0 Å². The number of aromatic nitrogens is 1. The number of hydrogen-bond acceptors (Lipinski definition) is 5. The van der Waals surface area contributed by atoms with Gasteiger partial charge < -0.3 is 4.98 Å². The number of amides is 1. The lowest BCUT2D eigenvalue weighted by molar-refractivity contribution is -0.0255. The van der Waals surface area contributed by atoms with Gasteiger partial charge in [-0.2, -0.15) is 13.5 Å². The zero-order chi connectivity index (χ0) is 26.1. The number of H-pyrrole nitrogens is 1. The van der Waals surface area contributed by atoms with Crippen LogP contribution in [-0.2, 0) is 27.5 Å². The molecular weight excluding hydrogens is 498 g/mol. The number of aromatic amines is 1. The molecule has 3 aromatic carbocycles. The predicted molar refractivity (Wildman–Crippen MR) is 148 cm³/mol. The fraction of sp³-hybridized carbons (Fsp3) is 0.233. The summed E-state index contributed by atoms with van der Waals surface area (Å²) in [6, 6.07) is 23.1. The minimum atomic E-state index is -4.12. The zero-order valence-corrected chi connectivity index (χ0v) is 21.8. The van der Waals surface area contributed by atoms with Crippen molar-refractivity contribution in [2.75, 3.05) is 13.1 Å². The highest BCUT2D eigenvalue weighted by Gasteiger charge is 2.34. The maximum atomic E-state index is 13.3. The monoisotopic (exact) mass is 527 g/mol. The molecule has 0 bridgehead atoms. The third kappa shape index (κ3) is 5.15. The van der Waals surface area contributed by atoms with E-state index in [4.69, 9.17) is 4.28 Å². The summed E-state index contributed by atoms with van der Waals surface area (Å²) in [4.78, 5) is 19.3. The van der Waals surface area contributed by atoms with Crippen molar-refractivity contribution in [1.29, 1.82) is 0 Å². The van der Waals surface area contributed by atoms with E-state index in [9.17, 15) is 13.2 Å². The van der Waals surface area contributed by atoms with Gasteiger partial charge in [0.2, 0.25) is 0 Å². The molecule has 2 aliphatic heterocycles. The number of carbonyl (C=O) groups excluding carboxylic acids is 1. The molecule has 7 nitrogen and oxygen atoms in total. The van der Waals surface area contributed by atoms with E-state index >= 15 is 0 Å². The van der Waals surface area contributed by atoms with Gasteiger partial charge in [-0.25, -0.2) is 0 Å². The molecule has 0 radical (unpaired) electrons. The molecule has 3 heterocycles. The van der Waals surface area contributed by atoms with Crippen LogP contribution in [0, 0.1) is 0 Å². The molecule has 1 amide bonds. The SMILES string of the molecule is O=C1c2c(cccc2-c2cc3cc(CN4CCCCC4)ccc3[nH]2)CN1OS(=O)(=O)/C=C/c1ccccc1. The molecule has 2 aliphatic rings. The summed E-state index contributed by atoms with van der Waals surface area (Å²) in [7, 11) is -4.12. The van der Waals surface area contributed by atoms with Crippen LogP contribution in [0.5, 0.6) is 0 Å². The summed E-state index contributed by atoms with van der Waals surface area (Å²) in [5.74, 6) is -0.475. The summed E-state index contributed by atoms with van der Waals surface area (Å²) in [6.07, 6.45) is 5.28. The second-order valence-electron chi connectivity index (χ2n) is 9.90. The number of fused-ring (bicyclic) bond motifs is 2. The predicted octanol–water partition coefficient (Wildman–Crippen LogP) is 5.71. The number of hydroxylamine groups is 2. The molecule has 0 unspecified atom stereocenters. The highest BCUT2D eigenvalue weighted by atomic mass is 32.2. The van der Waals surface area contributed by atoms with E-state index in [1.54, 1.807) is 12.1 Å². The van der Waals surface area contributed by atoms with Crippen LogP contribution in [0.2, 0.25) is 0 Å². The lowest BCUT2D eigenvalue weighted by atomic mass is 10.0. The molecule has 6 rings (SSSR count). The van der Waals surface area contributed by atoms with E-state index in [0.717, 1.165) is 63.4 Å². The molecule has 4 aromatic rings. The van der Waals surface area contributed by atoms with E-state index in [2.05, 4.69) is 34.1 Å². The normalized spacial score (nSPS) is 16.5. The number of likely N-dealkylation sites (tertiary alicyclic amines) is 1. The number of hydrogen-bond donors (Lipinski definition) is 1. The van der Waals surface area contributed by atoms with Gasteiger partial charge >= 0.3 is 10.1 Å². The van der Waals surface area contributed by atoms with Gasteiger partial charge in [-0.15, -0.1) is 4.28 Å². The fourth-order valence-electron chi connectivity index (χ4n) is 5.30. The highest BCUT2D eigenvalue weighted by molar-refractivity contribution is 7.89. The Bertz CT molecular complexity index is 1620. The first-order valence-corrected chi connectivity index (χ1v) is 14.4. The Kier molecular flexibility index (Phi) is 6.61. The largest absolute Gasteiger partial charge is 0.355 e. The maximum Gasteiger partial charge on any atom is 0.310 e. The fourth-order valence-corrected chi connectivity index (χ4v) is 6.04. The molecule has 194 valence electrons. The standard InChI is InChI=1S/C30H29N3O4S/c34-30-29-24(21-33(30)37-38(35,36)17-14-22-8-3-1-4-9-22)10-7-11-26(29)28-19-25-18-23(12-13-27(25)31-28)20-32-15-5-2-6-16-32/h1,3-4,7-14,17-19,31H,2,5-6,15-16,20-21H2/b17-14+. The van der Waals surface area contributed by atoms with Crippen LogP contribution in [0.3, 0.4) is 0 Å². The zero-order valence-electron chi connectivity index (χ0n) is 21.0. The van der Waals surface area contributed by atoms with Crippen molar-refractivity contribution < 1.29 is 17.5 Å². The Hall–Kier alpha value is -3.72. The number of rotatable bonds is 7. The van der Waals surface area contributed by atoms with Gasteiger partial charge in [0.25, 0.3) is 5.91 Å². The molecule has 1 aromatic heterocycles. The van der Waals surface area contributed by atoms with Crippen molar-refractivity contribution in [3.8, 4) is 11.3 Å². The van der Waals surface area contributed by atoms with Gasteiger partial charge in [-0.05, 0) is 66.9 Å². The number of carbonyl (C=O) groups is 1. The summed E-state index contributed by atoms with van der Waals surface area (Å²) in [5.41, 5.74) is 5.70. The van der Waals surface area contributed by atoms with Crippen LogP contribution in [0.1, 0.15) is 46.3 Å². The summed E-state index contributed by atoms with van der Waals surface area (Å²) >= 11 is 0. The van der Waals surface area contributed by atoms with Crippen molar-refractivity contribution in [3.05, 3.63) is 100 Å². The summed E-state index contributed by atoms with van der Waals surface area (Å²) in [6.45, 7) is 3.28. The molecule has 0 atom stereocenters. The Morgan fingerprint density at radius 1 is 0.921 bits per heavy atom. The van der Waals surface area contributed by atoms with Crippen molar-refractivity contribution in [2.24, 2.45) is 0 Å². The lowest BCUT2D eigenvalue weighted by Gasteiger charge is -2.26. The first-order valence-electron chi connectivity index (χ1n) is 12.9. The van der Waals surface area contributed by atoms with E-state index in [1.165, 1.54) is 30.9 Å². The van der Waals surface area contributed by atoms with Crippen LogP contribution in [-0.4, -0.2) is 42.4 Å². The topological polar surface area (TPSA) is 82.7 Å². The average Bonchev–Trinajstić information content (AvgIpc) is 3.49. The Morgan fingerprint density at radius 3 is 2.55 bits per heavy atom. The smallest absolute Gasteiger partial charge is 0.310 e. The van der Waals surface area contributed by atoms with Gasteiger partial charge in [0.05, 0.1) is 17.5 Å². The molecule has 0 spiro atoms. The van der Waals surface area contributed by atoms with E-state index in [-0.39, 0.29) is 6.54 Å². The van der Waals surface area contributed by atoms with Gasteiger partial charge in [0, 0.05) is 28.7 Å². The third-order valence-electron chi connectivity index (χ3n) is 7.16. The van der Waals surface area contributed by atoms with Crippen LogP contribution in [0.15, 0.2) is 78.2 Å². The van der Waals surface area contributed by atoms with Crippen LogP contribution < -0.4 is 0 Å². The third-order valence-corrected chi connectivity index (χ3v) is 8.01. The van der Waals surface area contributed by atoms with Gasteiger partial charge in [0.1, 0.15) is 0 Å². The van der Waals surface area contributed by atoms with E-state index in [1.807, 2.05) is 36.4 Å². The Labute approximate surface area is 222 Å². The quantitative estimate of drug-likeness (QED) is 0.333. The van der Waals surface area contributed by atoms with E-state index in [0.29, 0.717) is 5.56 Å². The number of nitrogens with one attached hydrogen (secondary N) is 1. The molecule has 1 N–H and O–H groups in total. The van der Waals surface area contributed by atoms with Crippen molar-refractivity contribution >= 4 is 33.0 Å². The second kappa shape index (κ2) is 10.2. The molecular formula is C30H29N3O4S. The minimum Gasteiger partial charge on any atom is -0.355 e. The van der Waals surface area contributed by atoms with Crippen molar-refractivity contribution in [3.63, 3.8) is 0 Å².